The summed E-state index contributed by atoms with van der Waals surface area (Å²) in [6.45, 7) is 14.6. The summed E-state index contributed by atoms with van der Waals surface area (Å²) in [5.41, 5.74) is 1.10. The fourth-order valence-electron chi connectivity index (χ4n) is 10.8. The van der Waals surface area contributed by atoms with E-state index >= 15 is 0 Å². The summed E-state index contributed by atoms with van der Waals surface area (Å²) in [6, 6.07) is 0. The molecule has 1 saturated heterocycles. The van der Waals surface area contributed by atoms with E-state index in [1.165, 1.54) is 32.5 Å². The second-order valence-electron chi connectivity index (χ2n) is 17.4. The standard InChI is InChI=1S/C36H56ClN5O10P2/c1-9-48-53(46,20-54(47,51-21(2)3)52-22(4)5)11-10-26-25(12-27(44)45)29(49-23(6)43)32(50-26)42-19-38-28-30(39-33(37)40-31(28)42)41-36-15-24-13-34(7,17-36)16-35(8,14-24)18-36/h19,21-22,24-26,29,32H,9-18,20H2,1-8H3,(H,44,45)(H,39,40,41)/t24?,25-,26-,29-,32-,34-,35+,36?,53?/m1/s1. The molecular formula is C36H56ClN5O10P2. The quantitative estimate of drug-likeness (QED) is 0.0881. The van der Waals surface area contributed by atoms with Crippen LogP contribution in [-0.2, 0) is 41.8 Å². The average molecular weight is 816 g/mol. The van der Waals surface area contributed by atoms with Crippen LogP contribution < -0.4 is 5.32 Å². The number of carboxylic acid groups (broad SMARTS) is 1. The van der Waals surface area contributed by atoms with Crippen LogP contribution in [0.25, 0.3) is 11.2 Å². The maximum absolute atomic E-state index is 14.3. The van der Waals surface area contributed by atoms with E-state index in [0.29, 0.717) is 22.9 Å². The number of ether oxygens (including phenoxy) is 2. The summed E-state index contributed by atoms with van der Waals surface area (Å²) < 4.78 is 59.3. The highest BCUT2D eigenvalue weighted by Gasteiger charge is 2.60. The van der Waals surface area contributed by atoms with Crippen LogP contribution in [0.2, 0.25) is 5.28 Å². The molecule has 0 aromatic carbocycles. The molecule has 3 unspecified atom stereocenters. The molecule has 0 amide bonds. The normalized spacial score (nSPS) is 33.1. The van der Waals surface area contributed by atoms with Crippen molar-refractivity contribution in [2.24, 2.45) is 22.7 Å². The van der Waals surface area contributed by atoms with Gasteiger partial charge in [0.1, 0.15) is 5.90 Å². The summed E-state index contributed by atoms with van der Waals surface area (Å²) in [5.74, 6) is -1.96. The lowest BCUT2D eigenvalue weighted by Gasteiger charge is -2.65. The molecule has 7 rings (SSSR count). The van der Waals surface area contributed by atoms with Crippen LogP contribution >= 0.6 is 26.6 Å². The van der Waals surface area contributed by atoms with E-state index in [1.807, 2.05) is 0 Å². The zero-order chi connectivity index (χ0) is 39.4. The molecule has 5 fully saturated rings. The number of halogens is 1. The van der Waals surface area contributed by atoms with Crippen molar-refractivity contribution >= 4 is 55.5 Å². The number of nitrogens with zero attached hydrogens (tertiary/aromatic N) is 4. The number of anilines is 1. The van der Waals surface area contributed by atoms with E-state index in [4.69, 9.17) is 39.6 Å². The number of rotatable bonds is 17. The van der Waals surface area contributed by atoms with E-state index in [0.717, 1.165) is 19.3 Å². The molecule has 3 heterocycles. The number of fused-ring (bicyclic) bond motifs is 1. The van der Waals surface area contributed by atoms with Crippen LogP contribution in [0.5, 0.6) is 0 Å². The lowest BCUT2D eigenvalue weighted by Crippen LogP contribution is -2.61. The maximum atomic E-state index is 14.3. The van der Waals surface area contributed by atoms with Crippen molar-refractivity contribution in [1.29, 1.82) is 0 Å². The molecule has 2 aromatic rings. The van der Waals surface area contributed by atoms with Gasteiger partial charge in [-0.1, -0.05) is 13.8 Å². The van der Waals surface area contributed by atoms with Crippen molar-refractivity contribution in [1.82, 2.24) is 19.5 Å². The predicted octanol–water partition coefficient (Wildman–Crippen LogP) is 8.27. The zero-order valence-corrected chi connectivity index (χ0v) is 35.1. The summed E-state index contributed by atoms with van der Waals surface area (Å²) >= 11 is 6.60. The number of aromatic nitrogens is 4. The van der Waals surface area contributed by atoms with Gasteiger partial charge in [0.05, 0.1) is 37.7 Å². The third-order valence-corrected chi connectivity index (χ3v) is 17.6. The molecule has 15 nitrogen and oxygen atoms in total. The first kappa shape index (κ1) is 41.5. The van der Waals surface area contributed by atoms with Gasteiger partial charge in [0.15, 0.2) is 29.3 Å². The summed E-state index contributed by atoms with van der Waals surface area (Å²) in [7, 11) is -7.57. The first-order chi connectivity index (χ1) is 25.2. The Hall–Kier alpha value is -2.12. The minimum absolute atomic E-state index is 0.0103. The van der Waals surface area contributed by atoms with Crippen molar-refractivity contribution in [3.05, 3.63) is 11.6 Å². The Bertz CT molecular complexity index is 1810. The van der Waals surface area contributed by atoms with Crippen molar-refractivity contribution in [3.8, 4) is 0 Å². The number of carboxylic acids is 1. The lowest BCUT2D eigenvalue weighted by molar-refractivity contribution is -0.155. The molecule has 9 atom stereocenters. The Kier molecular flexibility index (Phi) is 11.8. The largest absolute Gasteiger partial charge is 0.481 e. The summed E-state index contributed by atoms with van der Waals surface area (Å²) in [5, 5.41) is 13.8. The Morgan fingerprint density at radius 2 is 1.72 bits per heavy atom. The Labute approximate surface area is 322 Å². The van der Waals surface area contributed by atoms with Crippen LogP contribution in [0.15, 0.2) is 6.33 Å². The number of hydrogen-bond acceptors (Lipinski definition) is 13. The number of carbonyl (C=O) groups excluding carboxylic acids is 1. The number of esters is 1. The van der Waals surface area contributed by atoms with Gasteiger partial charge in [0.25, 0.3) is 0 Å². The van der Waals surface area contributed by atoms with Gasteiger partial charge >= 0.3 is 19.5 Å². The highest BCUT2D eigenvalue weighted by molar-refractivity contribution is 7.73. The molecule has 0 spiro atoms. The molecule has 2 aromatic heterocycles. The second-order valence-corrected chi connectivity index (χ2v) is 22.9. The molecule has 1 aliphatic heterocycles. The third kappa shape index (κ3) is 9.03. The van der Waals surface area contributed by atoms with Crippen molar-refractivity contribution in [2.45, 2.75) is 143 Å². The number of nitrogens with one attached hydrogen (secondary N) is 1. The van der Waals surface area contributed by atoms with Crippen molar-refractivity contribution < 1.29 is 46.9 Å². The minimum atomic E-state index is -3.87. The predicted molar refractivity (Wildman–Crippen MR) is 203 cm³/mol. The Morgan fingerprint density at radius 1 is 1.07 bits per heavy atom. The minimum Gasteiger partial charge on any atom is -0.481 e. The monoisotopic (exact) mass is 815 g/mol. The summed E-state index contributed by atoms with van der Waals surface area (Å²) in [6.07, 6.45) is 3.79. The molecule has 4 saturated carbocycles. The molecule has 2 N–H and O–H groups in total. The fourth-order valence-corrected chi connectivity index (χ4v) is 17.1. The van der Waals surface area contributed by atoms with Crippen LogP contribution in [0.3, 0.4) is 0 Å². The molecule has 0 radical (unpaired) electrons. The molecule has 4 bridgehead atoms. The van der Waals surface area contributed by atoms with Gasteiger partial charge in [0.2, 0.25) is 12.7 Å². The van der Waals surface area contributed by atoms with Gasteiger partial charge in [-0.3, -0.25) is 23.3 Å². The zero-order valence-electron chi connectivity index (χ0n) is 32.6. The topological polar surface area (TPSA) is 190 Å². The lowest BCUT2D eigenvalue weighted by atomic mass is 9.43. The maximum Gasteiger partial charge on any atom is 0.340 e. The smallest absolute Gasteiger partial charge is 0.340 e. The summed E-state index contributed by atoms with van der Waals surface area (Å²) in [4.78, 5) is 38.7. The first-order valence-electron chi connectivity index (χ1n) is 19.1. The van der Waals surface area contributed by atoms with Gasteiger partial charge in [-0.25, -0.2) is 4.98 Å². The third-order valence-electron chi connectivity index (χ3n) is 11.1. The number of imidazole rings is 1. The van der Waals surface area contributed by atoms with Crippen LogP contribution in [0.1, 0.15) is 113 Å². The molecule has 4 aliphatic carbocycles. The molecule has 5 aliphatic rings. The highest BCUT2D eigenvalue weighted by Crippen LogP contribution is 2.67. The van der Waals surface area contributed by atoms with E-state index in [-0.39, 0.29) is 40.8 Å². The van der Waals surface area contributed by atoms with Crippen molar-refractivity contribution in [3.63, 3.8) is 0 Å². The van der Waals surface area contributed by atoms with Gasteiger partial charge < -0.3 is 33.5 Å². The Morgan fingerprint density at radius 3 is 2.28 bits per heavy atom. The SMILES string of the molecule is CCOP(=O)(CC[C@H]1O[C@@H](n2cnc3c(NC45CC6C[C@@](C)(C4)C[C@](C)(C6)C5)nc(Cl)nc32)[C@H](OC(C)=O)[C@@H]1CC(=O)O)CP(=O)(OC(C)C)OC(C)C. The van der Waals surface area contributed by atoms with Gasteiger partial charge in [-0.05, 0) is 108 Å². The number of aliphatic carboxylic acids is 1. The molecule has 54 heavy (non-hydrogen) atoms. The molecule has 18 heteroatoms. The fraction of sp³-hybridized carbons (Fsp3) is 0.806. The van der Waals surface area contributed by atoms with Gasteiger partial charge in [-0.2, -0.15) is 9.97 Å². The van der Waals surface area contributed by atoms with E-state index in [9.17, 15) is 23.8 Å². The Balaban J connectivity index is 1.31. The first-order valence-corrected chi connectivity index (χ1v) is 23.2. The molecule has 302 valence electrons. The van der Waals surface area contributed by atoms with E-state index in [2.05, 4.69) is 29.1 Å². The van der Waals surface area contributed by atoms with Crippen LogP contribution in [-0.4, -0.2) is 85.2 Å². The number of carbonyl (C=O) groups is 2. The highest BCUT2D eigenvalue weighted by atomic mass is 35.5. The van der Waals surface area contributed by atoms with Gasteiger partial charge in [0, 0.05) is 24.5 Å². The van der Waals surface area contributed by atoms with E-state index < -0.39 is 75.8 Å². The van der Waals surface area contributed by atoms with Crippen LogP contribution in [0, 0.1) is 22.7 Å². The second kappa shape index (κ2) is 15.3. The van der Waals surface area contributed by atoms with Gasteiger partial charge in [-0.15, -0.1) is 0 Å². The number of hydrogen-bond donors (Lipinski definition) is 2. The van der Waals surface area contributed by atoms with E-state index in [1.54, 1.807) is 39.2 Å². The average Bonchev–Trinajstić information content (AvgIpc) is 3.53. The van der Waals surface area contributed by atoms with Crippen molar-refractivity contribution in [2.75, 3.05) is 24.0 Å². The van der Waals surface area contributed by atoms with Crippen LogP contribution in [0.4, 0.5) is 5.82 Å². The molecular weight excluding hydrogens is 760 g/mol.